The Kier molecular flexibility index (Phi) is 33.9. The Bertz CT molecular complexity index is 537. The van der Waals surface area contributed by atoms with Crippen LogP contribution in [0, 0.1) is 0 Å². The maximum absolute atomic E-state index is 12.0. The van der Waals surface area contributed by atoms with Gasteiger partial charge in [0.15, 0.2) is 0 Å². The number of unbranched alkanes of at least 4 members (excludes halogenated alkanes) is 9. The highest BCUT2D eigenvalue weighted by molar-refractivity contribution is 5.69. The van der Waals surface area contributed by atoms with Crippen molar-refractivity contribution in [2.45, 2.75) is 130 Å². The van der Waals surface area contributed by atoms with Gasteiger partial charge in [-0.25, -0.2) is 0 Å². The molecule has 252 valence electrons. The molecule has 10 nitrogen and oxygen atoms in total. The molecule has 0 spiro atoms. The smallest absolute Gasteiger partial charge is 0.305 e. The van der Waals surface area contributed by atoms with E-state index in [4.69, 9.17) is 42.6 Å². The highest BCUT2D eigenvalue weighted by Gasteiger charge is 2.11. The van der Waals surface area contributed by atoms with Gasteiger partial charge in [-0.15, -0.1) is 0 Å². The molecule has 0 N–H and O–H groups in total. The molecule has 0 aliphatic heterocycles. The highest BCUT2D eigenvalue weighted by Crippen LogP contribution is 2.13. The number of ether oxygens (including phenoxy) is 9. The van der Waals surface area contributed by atoms with E-state index in [9.17, 15) is 4.79 Å². The van der Waals surface area contributed by atoms with Crippen molar-refractivity contribution in [2.24, 2.45) is 0 Å². The molecule has 0 aliphatic rings. The lowest BCUT2D eigenvalue weighted by Crippen LogP contribution is -2.22. The molecule has 0 aromatic heterocycles. The van der Waals surface area contributed by atoms with Crippen LogP contribution in [0.2, 0.25) is 0 Å². The summed E-state index contributed by atoms with van der Waals surface area (Å²) in [4.78, 5) is 12.0. The Morgan fingerprint density at radius 2 is 0.881 bits per heavy atom. The van der Waals surface area contributed by atoms with Gasteiger partial charge < -0.3 is 42.6 Å². The van der Waals surface area contributed by atoms with Crippen LogP contribution in [0.4, 0.5) is 0 Å². The van der Waals surface area contributed by atoms with Gasteiger partial charge >= 0.3 is 5.97 Å². The van der Waals surface area contributed by atoms with Gasteiger partial charge in [-0.05, 0) is 53.4 Å². The van der Waals surface area contributed by atoms with Crippen molar-refractivity contribution in [3.63, 3.8) is 0 Å². The summed E-state index contributed by atoms with van der Waals surface area (Å²) < 4.78 is 49.1. The quantitative estimate of drug-likeness (QED) is 0.0435. The van der Waals surface area contributed by atoms with Crippen molar-refractivity contribution >= 4 is 5.97 Å². The fourth-order valence-electron chi connectivity index (χ4n) is 4.14. The molecule has 0 bridgehead atoms. The molecule has 0 radical (unpaired) electrons. The van der Waals surface area contributed by atoms with Gasteiger partial charge in [-0.2, -0.15) is 0 Å². The predicted octanol–water partition coefficient (Wildman–Crippen LogP) is 6.77. The first-order chi connectivity index (χ1) is 20.7. The minimum Gasteiger partial charge on any atom is -0.466 e. The van der Waals surface area contributed by atoms with Crippen LogP contribution < -0.4 is 0 Å². The van der Waals surface area contributed by atoms with Crippen LogP contribution in [0.5, 0.6) is 0 Å². The van der Waals surface area contributed by atoms with Gasteiger partial charge in [0.05, 0.1) is 32.0 Å². The largest absolute Gasteiger partial charge is 0.466 e. The van der Waals surface area contributed by atoms with Crippen molar-refractivity contribution < 1.29 is 47.4 Å². The monoisotopic (exact) mass is 608 g/mol. The van der Waals surface area contributed by atoms with Gasteiger partial charge in [0.1, 0.15) is 27.2 Å². The molecule has 0 aromatic rings. The molecular weight excluding hydrogens is 544 g/mol. The van der Waals surface area contributed by atoms with Crippen molar-refractivity contribution in [3.8, 4) is 0 Å². The van der Waals surface area contributed by atoms with Crippen molar-refractivity contribution in [1.82, 2.24) is 0 Å². The summed E-state index contributed by atoms with van der Waals surface area (Å²) in [6.45, 7) is 13.1. The molecule has 0 heterocycles. The van der Waals surface area contributed by atoms with Gasteiger partial charge in [0, 0.05) is 32.8 Å². The topological polar surface area (TPSA) is 100 Å². The molecule has 2 unspecified atom stereocenters. The normalized spacial score (nSPS) is 13.0. The van der Waals surface area contributed by atoms with E-state index >= 15 is 0 Å². The summed E-state index contributed by atoms with van der Waals surface area (Å²) in [6.07, 6.45) is 14.2. The van der Waals surface area contributed by atoms with Crippen LogP contribution in [-0.4, -0.2) is 91.6 Å². The fourth-order valence-corrected chi connectivity index (χ4v) is 4.14. The Morgan fingerprint density at radius 3 is 1.36 bits per heavy atom. The van der Waals surface area contributed by atoms with E-state index < -0.39 is 0 Å². The van der Waals surface area contributed by atoms with E-state index in [0.717, 1.165) is 77.0 Å². The van der Waals surface area contributed by atoms with E-state index in [1.165, 1.54) is 6.42 Å². The van der Waals surface area contributed by atoms with Crippen LogP contribution in [0.3, 0.4) is 0 Å². The van der Waals surface area contributed by atoms with Crippen LogP contribution in [0.25, 0.3) is 0 Å². The molecule has 0 saturated heterocycles. The molecule has 42 heavy (non-hydrogen) atoms. The number of carbonyl (C=O) groups excluding carboxylic acids is 1. The summed E-state index contributed by atoms with van der Waals surface area (Å²) >= 11 is 0. The minimum absolute atomic E-state index is 0.0147. The fraction of sp³-hybridized carbons (Fsp3) is 0.969. The summed E-state index contributed by atoms with van der Waals surface area (Å²) in [6, 6.07) is 0. The van der Waals surface area contributed by atoms with Gasteiger partial charge in [0.2, 0.25) is 0 Å². The summed E-state index contributed by atoms with van der Waals surface area (Å²) in [5.74, 6) is -0.0736. The molecule has 0 fully saturated rings. The second kappa shape index (κ2) is 34.6. The number of rotatable bonds is 35. The number of esters is 1. The second-order valence-corrected chi connectivity index (χ2v) is 10.2. The molecule has 0 saturated carbocycles. The number of hydrogen-bond donors (Lipinski definition) is 0. The summed E-state index contributed by atoms with van der Waals surface area (Å²) in [5, 5.41) is 0. The Balaban J connectivity index is 3.68. The zero-order valence-corrected chi connectivity index (χ0v) is 27.4. The van der Waals surface area contributed by atoms with Gasteiger partial charge in [-0.3, -0.25) is 4.79 Å². The molecule has 0 rings (SSSR count). The van der Waals surface area contributed by atoms with Gasteiger partial charge in [-0.1, -0.05) is 57.8 Å². The van der Waals surface area contributed by atoms with E-state index in [-0.39, 0.29) is 18.2 Å². The first-order valence-electron chi connectivity index (χ1n) is 16.5. The SMILES string of the molecule is CCOCOCC(CCCCCCCCOC(=O)CCCCCCCC(COCOCC)OCOCC)OCOCC. The lowest BCUT2D eigenvalue weighted by atomic mass is 10.1. The van der Waals surface area contributed by atoms with Gasteiger partial charge in [0.25, 0.3) is 0 Å². The lowest BCUT2D eigenvalue weighted by molar-refractivity contribution is -0.143. The van der Waals surface area contributed by atoms with Crippen LogP contribution in [0.15, 0.2) is 0 Å². The Hall–Kier alpha value is -0.850. The minimum atomic E-state index is -0.0736. The average Bonchev–Trinajstić information content (AvgIpc) is 2.99. The molecule has 10 heteroatoms. The lowest BCUT2D eigenvalue weighted by Gasteiger charge is -2.18. The van der Waals surface area contributed by atoms with Crippen LogP contribution in [0.1, 0.15) is 118 Å². The zero-order chi connectivity index (χ0) is 30.8. The predicted molar refractivity (Wildman–Crippen MR) is 163 cm³/mol. The third-order valence-corrected chi connectivity index (χ3v) is 6.62. The standard InChI is InChI=1S/C32H64O10/c1-5-34-26-38-24-30(41-28-36-7-3)20-16-12-9-10-15-19-23-40-32(33)22-18-14-11-13-17-21-31(42-29-37-8-4)25-39-27-35-6-2/h30-31H,5-29H2,1-4H3. The molecule has 0 aliphatic carbocycles. The first-order valence-corrected chi connectivity index (χ1v) is 16.5. The van der Waals surface area contributed by atoms with Crippen molar-refractivity contribution in [2.75, 3.05) is 73.4 Å². The van der Waals surface area contributed by atoms with Crippen molar-refractivity contribution in [1.29, 1.82) is 0 Å². The average molecular weight is 609 g/mol. The van der Waals surface area contributed by atoms with Crippen LogP contribution in [-0.2, 0) is 47.4 Å². The first kappa shape index (κ1) is 41.1. The maximum Gasteiger partial charge on any atom is 0.305 e. The Morgan fingerprint density at radius 1 is 0.476 bits per heavy atom. The summed E-state index contributed by atoms with van der Waals surface area (Å²) in [5.41, 5.74) is 0. The van der Waals surface area contributed by atoms with E-state index in [1.807, 2.05) is 27.7 Å². The number of hydrogen-bond acceptors (Lipinski definition) is 10. The second-order valence-electron chi connectivity index (χ2n) is 10.2. The molecule has 0 amide bonds. The number of carbonyl (C=O) groups is 1. The highest BCUT2D eigenvalue weighted by atomic mass is 16.7. The molecule has 0 aromatic carbocycles. The third-order valence-electron chi connectivity index (χ3n) is 6.62. The van der Waals surface area contributed by atoms with E-state index in [0.29, 0.717) is 79.8 Å². The van der Waals surface area contributed by atoms with Crippen molar-refractivity contribution in [3.05, 3.63) is 0 Å². The van der Waals surface area contributed by atoms with E-state index in [1.54, 1.807) is 0 Å². The molecular formula is C32H64O10. The Labute approximate surface area is 256 Å². The third kappa shape index (κ3) is 30.6. The molecule has 2 atom stereocenters. The summed E-state index contributed by atoms with van der Waals surface area (Å²) in [7, 11) is 0. The van der Waals surface area contributed by atoms with E-state index in [2.05, 4.69) is 0 Å². The maximum atomic E-state index is 12.0. The van der Waals surface area contributed by atoms with Crippen LogP contribution >= 0.6 is 0 Å². The zero-order valence-electron chi connectivity index (χ0n) is 27.4.